The first-order chi connectivity index (χ1) is 7.83. The van der Waals surface area contributed by atoms with E-state index in [-0.39, 0.29) is 0 Å². The fraction of sp³-hybridized carbons (Fsp3) is 0. The Labute approximate surface area is 91.7 Å². The summed E-state index contributed by atoms with van der Waals surface area (Å²) in [6.07, 6.45) is 3.15. The zero-order valence-corrected chi connectivity index (χ0v) is 8.16. The minimum Gasteiger partial charge on any atom is -0.357 e. The van der Waals surface area contributed by atoms with Crippen LogP contribution < -0.4 is 4.84 Å². The van der Waals surface area contributed by atoms with Gasteiger partial charge in [0.25, 0.3) is 0 Å². The monoisotopic (exact) mass is 210 g/mol. The predicted molar refractivity (Wildman–Crippen MR) is 54.1 cm³/mol. The SMILES string of the molecule is N#Cc1ccc(C#N)c(On2cccn2)c1. The lowest BCUT2D eigenvalue weighted by Gasteiger charge is -2.05. The Hall–Kier alpha value is -2.79. The standard InChI is InChI=1S/C11H6N4O/c12-7-9-2-3-10(8-13)11(6-9)16-15-5-1-4-14-15/h1-6H. The Morgan fingerprint density at radius 1 is 1.25 bits per heavy atom. The molecule has 2 rings (SSSR count). The summed E-state index contributed by atoms with van der Waals surface area (Å²) >= 11 is 0. The second-order valence-corrected chi connectivity index (χ2v) is 2.93. The molecule has 5 nitrogen and oxygen atoms in total. The highest BCUT2D eigenvalue weighted by atomic mass is 16.7. The number of aromatic nitrogens is 2. The number of hydrogen-bond donors (Lipinski definition) is 0. The Morgan fingerprint density at radius 2 is 2.12 bits per heavy atom. The fourth-order valence-corrected chi connectivity index (χ4v) is 1.17. The van der Waals surface area contributed by atoms with E-state index >= 15 is 0 Å². The molecule has 0 aliphatic heterocycles. The fourth-order valence-electron chi connectivity index (χ4n) is 1.17. The quantitative estimate of drug-likeness (QED) is 0.752. The molecule has 0 fully saturated rings. The van der Waals surface area contributed by atoms with Crippen molar-refractivity contribution in [3.05, 3.63) is 47.8 Å². The van der Waals surface area contributed by atoms with Crippen LogP contribution in [0.3, 0.4) is 0 Å². The van der Waals surface area contributed by atoms with Crippen LogP contribution in [0.5, 0.6) is 5.75 Å². The number of rotatable bonds is 2. The van der Waals surface area contributed by atoms with Gasteiger partial charge in [0.05, 0.1) is 29.6 Å². The zero-order chi connectivity index (χ0) is 11.4. The van der Waals surface area contributed by atoms with Crippen LogP contribution in [-0.2, 0) is 0 Å². The molecule has 1 heterocycles. The van der Waals surface area contributed by atoms with E-state index in [1.54, 1.807) is 24.5 Å². The van der Waals surface area contributed by atoms with Crippen molar-refractivity contribution >= 4 is 0 Å². The van der Waals surface area contributed by atoms with Gasteiger partial charge in [-0.3, -0.25) is 0 Å². The molecule has 0 radical (unpaired) electrons. The van der Waals surface area contributed by atoms with Crippen molar-refractivity contribution in [2.24, 2.45) is 0 Å². The zero-order valence-electron chi connectivity index (χ0n) is 8.16. The van der Waals surface area contributed by atoms with Gasteiger partial charge < -0.3 is 4.84 Å². The van der Waals surface area contributed by atoms with Crippen molar-refractivity contribution in [2.75, 3.05) is 0 Å². The van der Waals surface area contributed by atoms with Gasteiger partial charge in [-0.2, -0.15) is 10.5 Å². The predicted octanol–water partition coefficient (Wildman–Crippen LogP) is 1.47. The third kappa shape index (κ3) is 1.84. The van der Waals surface area contributed by atoms with Crippen molar-refractivity contribution < 1.29 is 4.84 Å². The Balaban J connectivity index is 2.39. The van der Waals surface area contributed by atoms with E-state index in [1.165, 1.54) is 17.0 Å². The van der Waals surface area contributed by atoms with E-state index in [2.05, 4.69) is 5.10 Å². The van der Waals surface area contributed by atoms with Gasteiger partial charge in [0.2, 0.25) is 0 Å². The van der Waals surface area contributed by atoms with E-state index in [4.69, 9.17) is 15.4 Å². The van der Waals surface area contributed by atoms with Crippen LogP contribution in [-0.4, -0.2) is 9.94 Å². The van der Waals surface area contributed by atoms with E-state index in [0.717, 1.165) is 0 Å². The van der Waals surface area contributed by atoms with Crippen molar-refractivity contribution in [3.63, 3.8) is 0 Å². The largest absolute Gasteiger partial charge is 0.357 e. The van der Waals surface area contributed by atoms with E-state index < -0.39 is 0 Å². The number of nitriles is 2. The Bertz CT molecular complexity index is 575. The summed E-state index contributed by atoms with van der Waals surface area (Å²) in [5, 5.41) is 21.5. The molecule has 1 aromatic carbocycles. The normalized spacial score (nSPS) is 9.12. The highest BCUT2D eigenvalue weighted by Gasteiger charge is 2.06. The van der Waals surface area contributed by atoms with Crippen LogP contribution in [0.2, 0.25) is 0 Å². The molecule has 0 saturated heterocycles. The van der Waals surface area contributed by atoms with Gasteiger partial charge >= 0.3 is 0 Å². The van der Waals surface area contributed by atoms with Crippen molar-refractivity contribution in [1.82, 2.24) is 9.94 Å². The van der Waals surface area contributed by atoms with Crippen LogP contribution in [0.4, 0.5) is 0 Å². The maximum Gasteiger partial charge on any atom is 0.176 e. The van der Waals surface area contributed by atoms with E-state index in [1.807, 2.05) is 12.1 Å². The van der Waals surface area contributed by atoms with Gasteiger partial charge in [-0.1, -0.05) is 0 Å². The van der Waals surface area contributed by atoms with Crippen LogP contribution in [0.25, 0.3) is 0 Å². The van der Waals surface area contributed by atoms with Crippen LogP contribution in [0.1, 0.15) is 11.1 Å². The number of benzene rings is 1. The van der Waals surface area contributed by atoms with Crippen molar-refractivity contribution in [3.8, 4) is 17.9 Å². The second kappa shape index (κ2) is 4.16. The molecular weight excluding hydrogens is 204 g/mol. The first-order valence-corrected chi connectivity index (χ1v) is 4.46. The first-order valence-electron chi connectivity index (χ1n) is 4.46. The lowest BCUT2D eigenvalue weighted by molar-refractivity contribution is 0.178. The maximum atomic E-state index is 8.87. The molecule has 16 heavy (non-hydrogen) atoms. The summed E-state index contributed by atoms with van der Waals surface area (Å²) in [4.78, 5) is 6.53. The topological polar surface area (TPSA) is 74.6 Å². The average molecular weight is 210 g/mol. The van der Waals surface area contributed by atoms with E-state index in [0.29, 0.717) is 16.9 Å². The molecule has 0 aliphatic rings. The molecule has 0 bridgehead atoms. The summed E-state index contributed by atoms with van der Waals surface area (Å²) in [6, 6.07) is 10.3. The number of hydrogen-bond acceptors (Lipinski definition) is 4. The summed E-state index contributed by atoms with van der Waals surface area (Å²) in [5.74, 6) is 0.310. The lowest BCUT2D eigenvalue weighted by Crippen LogP contribution is -2.06. The molecule has 0 atom stereocenters. The summed E-state index contributed by atoms with van der Waals surface area (Å²) in [7, 11) is 0. The summed E-state index contributed by atoms with van der Waals surface area (Å²) in [5.41, 5.74) is 0.788. The highest BCUT2D eigenvalue weighted by Crippen LogP contribution is 2.19. The van der Waals surface area contributed by atoms with Crippen LogP contribution in [0, 0.1) is 22.7 Å². The minimum atomic E-state index is 0.310. The molecule has 0 N–H and O–H groups in total. The Morgan fingerprint density at radius 3 is 2.75 bits per heavy atom. The van der Waals surface area contributed by atoms with Crippen molar-refractivity contribution in [2.45, 2.75) is 0 Å². The van der Waals surface area contributed by atoms with Gasteiger partial charge in [0, 0.05) is 6.07 Å². The minimum absolute atomic E-state index is 0.310. The number of nitrogens with zero attached hydrogens (tertiary/aromatic N) is 4. The van der Waals surface area contributed by atoms with Gasteiger partial charge in [-0.05, 0) is 18.2 Å². The summed E-state index contributed by atoms with van der Waals surface area (Å²) in [6.45, 7) is 0. The molecule has 0 saturated carbocycles. The van der Waals surface area contributed by atoms with Gasteiger partial charge in [-0.15, -0.1) is 9.94 Å². The molecule has 0 spiro atoms. The highest BCUT2D eigenvalue weighted by molar-refractivity contribution is 5.48. The molecule has 0 aliphatic carbocycles. The van der Waals surface area contributed by atoms with Crippen LogP contribution >= 0.6 is 0 Å². The van der Waals surface area contributed by atoms with E-state index in [9.17, 15) is 0 Å². The molecule has 0 unspecified atom stereocenters. The molecule has 76 valence electrons. The lowest BCUT2D eigenvalue weighted by atomic mass is 10.1. The smallest absolute Gasteiger partial charge is 0.176 e. The second-order valence-electron chi connectivity index (χ2n) is 2.93. The molecule has 5 heteroatoms. The van der Waals surface area contributed by atoms with Gasteiger partial charge in [-0.25, -0.2) is 0 Å². The first kappa shape index (κ1) is 9.75. The molecular formula is C11H6N4O. The Kier molecular flexibility index (Phi) is 2.53. The van der Waals surface area contributed by atoms with Crippen LogP contribution in [0.15, 0.2) is 36.7 Å². The summed E-state index contributed by atoms with van der Waals surface area (Å²) < 4.78 is 0. The maximum absolute atomic E-state index is 8.87. The van der Waals surface area contributed by atoms with Gasteiger partial charge in [0.15, 0.2) is 5.75 Å². The van der Waals surface area contributed by atoms with Crippen molar-refractivity contribution in [1.29, 1.82) is 10.5 Å². The third-order valence-electron chi connectivity index (χ3n) is 1.90. The average Bonchev–Trinajstić information content (AvgIpc) is 2.82. The molecule has 1 aromatic heterocycles. The molecule has 2 aromatic rings. The van der Waals surface area contributed by atoms with Gasteiger partial charge in [0.1, 0.15) is 6.07 Å². The molecule has 0 amide bonds. The third-order valence-corrected chi connectivity index (χ3v) is 1.90.